The molecule has 0 unspecified atom stereocenters. The summed E-state index contributed by atoms with van der Waals surface area (Å²) < 4.78 is 8.42. The van der Waals surface area contributed by atoms with Crippen LogP contribution in [0.15, 0.2) is 95.6 Å². The summed E-state index contributed by atoms with van der Waals surface area (Å²) in [6.45, 7) is 6.41. The Morgan fingerprint density at radius 2 is 1.76 bits per heavy atom. The molecule has 1 fully saturated rings. The molecule has 4 aromatic heterocycles. The second-order valence-electron chi connectivity index (χ2n) is 12.7. The second-order valence-corrected chi connectivity index (χ2v) is 12.7. The van der Waals surface area contributed by atoms with Crippen LogP contribution in [0.5, 0.6) is 0 Å². The molecular formula is C40H34IrN4O-2. The molecule has 1 radical (unpaired) electrons. The molecule has 0 spiro atoms. The summed E-state index contributed by atoms with van der Waals surface area (Å²) in [7, 11) is 0. The zero-order chi connectivity index (χ0) is 30.5. The molecule has 1 aliphatic carbocycles. The predicted octanol–water partition coefficient (Wildman–Crippen LogP) is 10.1. The van der Waals surface area contributed by atoms with Crippen LogP contribution >= 0.6 is 0 Å². The van der Waals surface area contributed by atoms with Gasteiger partial charge in [0.25, 0.3) is 0 Å². The van der Waals surface area contributed by atoms with Gasteiger partial charge in [-0.25, -0.2) is 4.98 Å². The number of hydrogen-bond acceptors (Lipinski definition) is 4. The molecule has 5 nitrogen and oxygen atoms in total. The van der Waals surface area contributed by atoms with E-state index in [-0.39, 0.29) is 25.6 Å². The van der Waals surface area contributed by atoms with Crippen LogP contribution in [0, 0.1) is 19.1 Å². The van der Waals surface area contributed by atoms with Crippen LogP contribution in [-0.2, 0) is 25.6 Å². The van der Waals surface area contributed by atoms with Gasteiger partial charge in [-0.05, 0) is 75.1 Å². The molecule has 0 atom stereocenters. The first-order valence-corrected chi connectivity index (χ1v) is 15.8. The minimum atomic E-state index is -0.0812. The van der Waals surface area contributed by atoms with Crippen molar-refractivity contribution >= 4 is 39.2 Å². The summed E-state index contributed by atoms with van der Waals surface area (Å²) in [6, 6.07) is 33.4. The Labute approximate surface area is 282 Å². The first-order chi connectivity index (χ1) is 22.0. The fourth-order valence-corrected chi connectivity index (χ4v) is 6.93. The number of fused-ring (bicyclic) bond motifs is 3. The normalized spacial score (nSPS) is 15.2. The number of aryl methyl sites for hydroxylation is 1. The zero-order valence-corrected chi connectivity index (χ0v) is 28.6. The Balaban J connectivity index is 0.000000147. The van der Waals surface area contributed by atoms with E-state index < -0.39 is 0 Å². The van der Waals surface area contributed by atoms with Crippen molar-refractivity contribution in [3.05, 3.63) is 120 Å². The molecule has 3 aromatic carbocycles. The van der Waals surface area contributed by atoms with Crippen LogP contribution in [0.1, 0.15) is 62.3 Å². The maximum Gasteiger partial charge on any atom is 0.216 e. The standard InChI is InChI=1S/C22H19N2O.C18H15N2.Ir/c1-14-9-10-18-17-7-4-8-19(21(17)25-22(18)24-14)20-13-16(11-12-23-20)15-5-2-3-6-15;1-18(2)12-11-13-9-6-10-15-16(13)20(18)17(19-15)14-7-4-3-5-8-14;/h4,7,9-13,15H,2-3,5-6H2,1H3;3-7,9-12H,1-2H3;/q2*-1;. The fraction of sp³-hybridized carbons (Fsp3) is 0.225. The third-order valence-electron chi connectivity index (χ3n) is 9.21. The van der Waals surface area contributed by atoms with Gasteiger partial charge in [-0.3, -0.25) is 4.98 Å². The van der Waals surface area contributed by atoms with E-state index in [1.165, 1.54) is 42.3 Å². The molecule has 0 bridgehead atoms. The summed E-state index contributed by atoms with van der Waals surface area (Å²) in [6.07, 6.45) is 11.6. The van der Waals surface area contributed by atoms with E-state index in [1.54, 1.807) is 0 Å². The van der Waals surface area contributed by atoms with Gasteiger partial charge in [0.1, 0.15) is 0 Å². The molecule has 2 aliphatic rings. The van der Waals surface area contributed by atoms with Gasteiger partial charge in [0.2, 0.25) is 5.71 Å². The average molecular weight is 779 g/mol. The minimum Gasteiger partial charge on any atom is -0.486 e. The molecule has 0 N–H and O–H groups in total. The van der Waals surface area contributed by atoms with Gasteiger partial charge in [0, 0.05) is 37.4 Å². The van der Waals surface area contributed by atoms with Crippen LogP contribution in [0.4, 0.5) is 0 Å². The van der Waals surface area contributed by atoms with Crippen molar-refractivity contribution in [1.29, 1.82) is 0 Å². The first kappa shape index (κ1) is 30.3. The molecule has 1 saturated carbocycles. The van der Waals surface area contributed by atoms with Crippen molar-refractivity contribution in [3.63, 3.8) is 0 Å². The number of allylic oxidation sites excluding steroid dienone is 1. The van der Waals surface area contributed by atoms with Crippen molar-refractivity contribution in [2.75, 3.05) is 0 Å². The Hall–Kier alpha value is -4.38. The van der Waals surface area contributed by atoms with E-state index in [0.717, 1.165) is 50.2 Å². The maximum absolute atomic E-state index is 6.10. The number of aromatic nitrogens is 4. The van der Waals surface area contributed by atoms with Crippen LogP contribution in [0.2, 0.25) is 0 Å². The minimum absolute atomic E-state index is 0. The van der Waals surface area contributed by atoms with Gasteiger partial charge < -0.3 is 14.0 Å². The third-order valence-corrected chi connectivity index (χ3v) is 9.21. The van der Waals surface area contributed by atoms with Crippen molar-refractivity contribution in [3.8, 4) is 22.6 Å². The van der Waals surface area contributed by atoms with E-state index in [4.69, 9.17) is 9.40 Å². The smallest absolute Gasteiger partial charge is 0.216 e. The zero-order valence-electron chi connectivity index (χ0n) is 26.2. The van der Waals surface area contributed by atoms with E-state index in [9.17, 15) is 0 Å². The molecule has 7 aromatic rings. The topological polar surface area (TPSA) is 56.7 Å². The Kier molecular flexibility index (Phi) is 7.96. The monoisotopic (exact) mass is 779 g/mol. The van der Waals surface area contributed by atoms with Gasteiger partial charge >= 0.3 is 0 Å². The summed E-state index contributed by atoms with van der Waals surface area (Å²) in [5, 5.41) is 2.12. The number of para-hydroxylation sites is 1. The molecule has 9 rings (SSSR count). The third kappa shape index (κ3) is 5.30. The molecule has 46 heavy (non-hydrogen) atoms. The summed E-state index contributed by atoms with van der Waals surface area (Å²) in [4.78, 5) is 14.0. The van der Waals surface area contributed by atoms with E-state index in [2.05, 4.69) is 95.1 Å². The first-order valence-electron chi connectivity index (χ1n) is 15.8. The summed E-state index contributed by atoms with van der Waals surface area (Å²) in [5.41, 5.74) is 10.2. The molecule has 231 valence electrons. The molecule has 1 aliphatic heterocycles. The number of rotatable bonds is 3. The van der Waals surface area contributed by atoms with Crippen LogP contribution in [0.25, 0.3) is 61.8 Å². The summed E-state index contributed by atoms with van der Waals surface area (Å²) >= 11 is 0. The van der Waals surface area contributed by atoms with Crippen molar-refractivity contribution in [2.24, 2.45) is 0 Å². The number of pyridine rings is 2. The van der Waals surface area contributed by atoms with Crippen LogP contribution in [0.3, 0.4) is 0 Å². The van der Waals surface area contributed by atoms with Gasteiger partial charge in [-0.15, -0.1) is 54.1 Å². The van der Waals surface area contributed by atoms with Crippen molar-refractivity contribution in [2.45, 2.75) is 57.9 Å². The van der Waals surface area contributed by atoms with E-state index >= 15 is 0 Å². The Morgan fingerprint density at radius 3 is 2.59 bits per heavy atom. The Morgan fingerprint density at radius 1 is 0.891 bits per heavy atom. The fourth-order valence-electron chi connectivity index (χ4n) is 6.93. The average Bonchev–Trinajstić information content (AvgIpc) is 3.82. The van der Waals surface area contributed by atoms with Crippen LogP contribution < -0.4 is 0 Å². The number of furan rings is 1. The van der Waals surface area contributed by atoms with Gasteiger partial charge in [-0.2, -0.15) is 0 Å². The Bertz CT molecular complexity index is 2220. The summed E-state index contributed by atoms with van der Waals surface area (Å²) in [5.74, 6) is 1.66. The van der Waals surface area contributed by atoms with E-state index in [1.807, 2.05) is 49.5 Å². The molecular weight excluding hydrogens is 745 g/mol. The van der Waals surface area contributed by atoms with Gasteiger partial charge in [0.05, 0.1) is 28.0 Å². The maximum atomic E-state index is 6.10. The van der Waals surface area contributed by atoms with E-state index in [0.29, 0.717) is 11.6 Å². The number of hydrogen-bond donors (Lipinski definition) is 0. The number of imidazole rings is 1. The van der Waals surface area contributed by atoms with Gasteiger partial charge in [-0.1, -0.05) is 59.7 Å². The van der Waals surface area contributed by atoms with Crippen molar-refractivity contribution in [1.82, 2.24) is 19.5 Å². The molecule has 6 heteroatoms. The van der Waals surface area contributed by atoms with Crippen molar-refractivity contribution < 1.29 is 24.5 Å². The molecule has 5 heterocycles. The molecule has 0 saturated heterocycles. The SMILES string of the molecule is CC1(C)C=Cc2cccc3nc(-c4[c-]cccc4)n1c23.Cc1ccc2c(n1)oc1c(-c3cc(C4CCCC4)ccn3)[c-]ccc12.[Ir]. The largest absolute Gasteiger partial charge is 0.486 e. The molecule has 0 amide bonds. The number of nitrogens with zero attached hydrogens (tertiary/aromatic N) is 4. The number of benzene rings is 3. The predicted molar refractivity (Wildman–Crippen MR) is 182 cm³/mol. The second kappa shape index (κ2) is 12.1. The van der Waals surface area contributed by atoms with Gasteiger partial charge in [0.15, 0.2) is 0 Å². The quantitative estimate of drug-likeness (QED) is 0.168. The van der Waals surface area contributed by atoms with Crippen LogP contribution in [-0.4, -0.2) is 19.5 Å².